The number of hydrogen-bond acceptors (Lipinski definition) is 4. The van der Waals surface area contributed by atoms with Crippen molar-refractivity contribution >= 4 is 27.7 Å². The van der Waals surface area contributed by atoms with Gasteiger partial charge in [-0.1, -0.05) is 13.8 Å². The Morgan fingerprint density at radius 3 is 2.77 bits per heavy atom. The number of fused-ring (bicyclic) bond motifs is 3. The number of carbonyl (C=O) groups excluding carboxylic acids is 2. The van der Waals surface area contributed by atoms with Gasteiger partial charge in [-0.25, -0.2) is 4.98 Å². The lowest BCUT2D eigenvalue weighted by Crippen LogP contribution is -2.44. The van der Waals surface area contributed by atoms with Gasteiger partial charge in [0, 0.05) is 18.7 Å². The third kappa shape index (κ3) is 3.51. The van der Waals surface area contributed by atoms with Gasteiger partial charge in [0.2, 0.25) is 5.91 Å². The Hall–Kier alpha value is -2.35. The maximum atomic E-state index is 13.4. The first-order valence-electron chi connectivity index (χ1n) is 10.4. The smallest absolute Gasteiger partial charge is 0.290 e. The van der Waals surface area contributed by atoms with Gasteiger partial charge in [-0.05, 0) is 65.2 Å². The molecule has 0 aliphatic carbocycles. The molecule has 2 aromatic rings. The van der Waals surface area contributed by atoms with Gasteiger partial charge in [0.15, 0.2) is 5.82 Å². The minimum Gasteiger partial charge on any atom is -0.496 e. The molecule has 1 aromatic carbocycles. The summed E-state index contributed by atoms with van der Waals surface area (Å²) in [6.07, 6.45) is 2.94. The molecule has 0 saturated carbocycles. The molecule has 2 aliphatic heterocycles. The van der Waals surface area contributed by atoms with Crippen LogP contribution in [0.4, 0.5) is 0 Å². The Morgan fingerprint density at radius 1 is 1.33 bits per heavy atom. The molecule has 4 rings (SSSR count). The van der Waals surface area contributed by atoms with Crippen LogP contribution in [0.15, 0.2) is 16.6 Å². The monoisotopic (exact) mass is 474 g/mol. The van der Waals surface area contributed by atoms with E-state index in [1.54, 1.807) is 12.0 Å². The Labute approximate surface area is 184 Å². The van der Waals surface area contributed by atoms with Crippen LogP contribution in [-0.4, -0.2) is 46.0 Å². The standard InChI is InChI=1S/C22H27BrN4O3/c1-12(2)9-16-19-14-11-15(23)18(30-3)10-13(14)6-8-27(19)21(25-16)22(29)26-7-4-5-17(26)20(24)28/h10-12,17H,4-9H2,1-3H3,(H2,24,28). The largest absolute Gasteiger partial charge is 0.496 e. The summed E-state index contributed by atoms with van der Waals surface area (Å²) in [6, 6.07) is 3.56. The molecular formula is C22H27BrN4O3. The Morgan fingerprint density at radius 2 is 2.10 bits per heavy atom. The zero-order valence-electron chi connectivity index (χ0n) is 17.6. The maximum Gasteiger partial charge on any atom is 0.290 e. The average molecular weight is 475 g/mol. The van der Waals surface area contributed by atoms with Crippen LogP contribution in [0, 0.1) is 5.92 Å². The molecule has 0 radical (unpaired) electrons. The summed E-state index contributed by atoms with van der Waals surface area (Å²) < 4.78 is 8.36. The third-order valence-electron chi connectivity index (χ3n) is 5.91. The molecule has 0 bridgehead atoms. The molecule has 2 aliphatic rings. The van der Waals surface area contributed by atoms with Crippen molar-refractivity contribution in [3.05, 3.63) is 33.7 Å². The van der Waals surface area contributed by atoms with Gasteiger partial charge in [-0.15, -0.1) is 0 Å². The van der Waals surface area contributed by atoms with E-state index in [9.17, 15) is 9.59 Å². The topological polar surface area (TPSA) is 90.5 Å². The number of benzene rings is 1. The van der Waals surface area contributed by atoms with E-state index >= 15 is 0 Å². The Bertz CT molecular complexity index is 1010. The molecule has 1 unspecified atom stereocenters. The summed E-state index contributed by atoms with van der Waals surface area (Å²) in [5, 5.41) is 0. The fraction of sp³-hybridized carbons (Fsp3) is 0.500. The van der Waals surface area contributed by atoms with E-state index in [1.165, 1.54) is 5.56 Å². The molecule has 1 saturated heterocycles. The highest BCUT2D eigenvalue weighted by Crippen LogP contribution is 2.40. The highest BCUT2D eigenvalue weighted by molar-refractivity contribution is 9.10. The van der Waals surface area contributed by atoms with E-state index in [4.69, 9.17) is 15.5 Å². The van der Waals surface area contributed by atoms with Crippen LogP contribution in [-0.2, 0) is 24.2 Å². The molecule has 1 atom stereocenters. The van der Waals surface area contributed by atoms with Crippen molar-refractivity contribution in [2.75, 3.05) is 13.7 Å². The van der Waals surface area contributed by atoms with Crippen molar-refractivity contribution in [1.29, 1.82) is 0 Å². The first kappa shape index (κ1) is 20.9. The van der Waals surface area contributed by atoms with Gasteiger partial charge in [-0.2, -0.15) is 0 Å². The van der Waals surface area contributed by atoms with Crippen LogP contribution in [0.25, 0.3) is 11.3 Å². The van der Waals surface area contributed by atoms with Crippen LogP contribution in [0.5, 0.6) is 5.75 Å². The minimum atomic E-state index is -0.548. The second kappa shape index (κ2) is 8.06. The van der Waals surface area contributed by atoms with Crippen molar-refractivity contribution in [3.8, 4) is 17.0 Å². The lowest BCUT2D eigenvalue weighted by atomic mass is 9.94. The maximum absolute atomic E-state index is 13.4. The van der Waals surface area contributed by atoms with Crippen LogP contribution in [0.3, 0.4) is 0 Å². The minimum absolute atomic E-state index is 0.205. The SMILES string of the molecule is COc1cc2c(cc1Br)-c1c(CC(C)C)nc(C(=O)N3CCCC3C(N)=O)n1CC2. The lowest BCUT2D eigenvalue weighted by Gasteiger charge is -2.25. The number of nitrogens with two attached hydrogens (primary N) is 1. The van der Waals surface area contributed by atoms with Crippen molar-refractivity contribution in [1.82, 2.24) is 14.5 Å². The number of amides is 2. The number of aryl methyl sites for hydroxylation is 1. The number of carbonyl (C=O) groups is 2. The fourth-order valence-electron chi connectivity index (χ4n) is 4.56. The molecule has 3 heterocycles. The van der Waals surface area contributed by atoms with Crippen molar-refractivity contribution in [2.45, 2.75) is 52.1 Å². The number of ether oxygens (including phenoxy) is 1. The molecule has 0 spiro atoms. The van der Waals surface area contributed by atoms with Crippen molar-refractivity contribution in [2.24, 2.45) is 11.7 Å². The summed E-state index contributed by atoms with van der Waals surface area (Å²) in [6.45, 7) is 5.48. The van der Waals surface area contributed by atoms with Crippen molar-refractivity contribution < 1.29 is 14.3 Å². The molecule has 2 amide bonds. The first-order valence-corrected chi connectivity index (χ1v) is 11.2. The quantitative estimate of drug-likeness (QED) is 0.720. The number of imidazole rings is 1. The van der Waals surface area contributed by atoms with Crippen LogP contribution in [0.1, 0.15) is 48.6 Å². The zero-order valence-corrected chi connectivity index (χ0v) is 19.2. The summed E-state index contributed by atoms with van der Waals surface area (Å²) >= 11 is 3.60. The number of halogens is 1. The molecule has 30 heavy (non-hydrogen) atoms. The Kier molecular flexibility index (Phi) is 5.61. The molecule has 1 aromatic heterocycles. The number of hydrogen-bond donors (Lipinski definition) is 1. The number of rotatable bonds is 5. The average Bonchev–Trinajstić information content (AvgIpc) is 3.32. The molecule has 8 heteroatoms. The van der Waals surface area contributed by atoms with Gasteiger partial charge in [0.1, 0.15) is 11.8 Å². The zero-order chi connectivity index (χ0) is 21.6. The van der Waals surface area contributed by atoms with Gasteiger partial charge in [-0.3, -0.25) is 9.59 Å². The fourth-order valence-corrected chi connectivity index (χ4v) is 5.06. The molecule has 7 nitrogen and oxygen atoms in total. The molecular weight excluding hydrogens is 448 g/mol. The summed E-state index contributed by atoms with van der Waals surface area (Å²) in [5.41, 5.74) is 9.71. The van der Waals surface area contributed by atoms with E-state index in [0.29, 0.717) is 31.3 Å². The first-order chi connectivity index (χ1) is 14.3. The molecule has 1 fully saturated rings. The van der Waals surface area contributed by atoms with E-state index in [0.717, 1.165) is 46.4 Å². The van der Waals surface area contributed by atoms with Crippen LogP contribution < -0.4 is 10.5 Å². The van der Waals surface area contributed by atoms with E-state index in [-0.39, 0.29) is 5.91 Å². The summed E-state index contributed by atoms with van der Waals surface area (Å²) in [5.74, 6) is 0.944. The lowest BCUT2D eigenvalue weighted by molar-refractivity contribution is -0.121. The normalized spacial score (nSPS) is 17.8. The van der Waals surface area contributed by atoms with Gasteiger partial charge >= 0.3 is 0 Å². The second-order valence-corrected chi connectivity index (χ2v) is 9.29. The van der Waals surface area contributed by atoms with E-state index in [1.807, 2.05) is 4.57 Å². The second-order valence-electron chi connectivity index (χ2n) is 8.43. The number of aromatic nitrogens is 2. The third-order valence-corrected chi connectivity index (χ3v) is 6.53. The van der Waals surface area contributed by atoms with E-state index in [2.05, 4.69) is 41.9 Å². The predicted molar refractivity (Wildman–Crippen MR) is 117 cm³/mol. The number of primary amides is 1. The highest BCUT2D eigenvalue weighted by Gasteiger charge is 2.37. The summed E-state index contributed by atoms with van der Waals surface area (Å²) in [7, 11) is 1.66. The number of nitrogens with zero attached hydrogens (tertiary/aromatic N) is 3. The number of likely N-dealkylation sites (tertiary alicyclic amines) is 1. The van der Waals surface area contributed by atoms with Crippen LogP contribution in [0.2, 0.25) is 0 Å². The van der Waals surface area contributed by atoms with Gasteiger partial charge < -0.3 is 19.9 Å². The summed E-state index contributed by atoms with van der Waals surface area (Å²) in [4.78, 5) is 31.7. The molecule has 160 valence electrons. The highest BCUT2D eigenvalue weighted by atomic mass is 79.9. The Balaban J connectivity index is 1.83. The predicted octanol–water partition coefficient (Wildman–Crippen LogP) is 3.17. The van der Waals surface area contributed by atoms with E-state index < -0.39 is 11.9 Å². The van der Waals surface area contributed by atoms with Gasteiger partial charge in [0.25, 0.3) is 5.91 Å². The number of methoxy groups -OCH3 is 1. The van der Waals surface area contributed by atoms with Gasteiger partial charge in [0.05, 0.1) is 23.0 Å². The molecule has 2 N–H and O–H groups in total. The van der Waals surface area contributed by atoms with Crippen LogP contribution >= 0.6 is 15.9 Å². The van der Waals surface area contributed by atoms with Crippen molar-refractivity contribution in [3.63, 3.8) is 0 Å².